The van der Waals surface area contributed by atoms with E-state index >= 15 is 0 Å². The van der Waals surface area contributed by atoms with Gasteiger partial charge in [-0.1, -0.05) is 19.9 Å². The number of nitrogens with zero attached hydrogens (tertiary/aromatic N) is 1. The lowest BCUT2D eigenvalue weighted by atomic mass is 10.0. The second-order valence-corrected chi connectivity index (χ2v) is 5.10. The standard InChI is InChI=1S/C15H16N2O2/c1-9(2)3-4-10-5-6-11-13(7-10)17-15(19)12(8-16)14(11)18/h5-7,9H,3-4H2,1-2H3,(H2,17,18,19). The Bertz CT molecular complexity index is 708. The molecule has 2 rings (SSSR count). The molecule has 98 valence electrons. The lowest BCUT2D eigenvalue weighted by Gasteiger charge is -2.07. The Morgan fingerprint density at radius 3 is 2.79 bits per heavy atom. The molecule has 2 aromatic rings. The molecule has 0 aliphatic carbocycles. The first-order chi connectivity index (χ1) is 9.02. The highest BCUT2D eigenvalue weighted by molar-refractivity contribution is 5.87. The number of rotatable bonds is 3. The van der Waals surface area contributed by atoms with Gasteiger partial charge in [-0.15, -0.1) is 0 Å². The van der Waals surface area contributed by atoms with Crippen LogP contribution in [0, 0.1) is 17.2 Å². The van der Waals surface area contributed by atoms with Crippen molar-refractivity contribution in [3.63, 3.8) is 0 Å². The highest BCUT2D eigenvalue weighted by Crippen LogP contribution is 2.25. The summed E-state index contributed by atoms with van der Waals surface area (Å²) in [7, 11) is 0. The van der Waals surface area contributed by atoms with Crippen molar-refractivity contribution >= 4 is 10.9 Å². The van der Waals surface area contributed by atoms with Crippen molar-refractivity contribution in [2.24, 2.45) is 5.92 Å². The number of aromatic nitrogens is 1. The van der Waals surface area contributed by atoms with Crippen LogP contribution in [0.1, 0.15) is 31.4 Å². The smallest absolute Gasteiger partial charge is 0.270 e. The molecular formula is C15H16N2O2. The molecule has 1 aromatic carbocycles. The van der Waals surface area contributed by atoms with Gasteiger partial charge in [-0.05, 0) is 36.5 Å². The molecule has 2 N–H and O–H groups in total. The Balaban J connectivity index is 2.51. The quantitative estimate of drug-likeness (QED) is 0.886. The number of fused-ring (bicyclic) bond motifs is 1. The molecule has 0 radical (unpaired) electrons. The molecule has 0 aliphatic heterocycles. The second-order valence-electron chi connectivity index (χ2n) is 5.10. The zero-order valence-corrected chi connectivity index (χ0v) is 11.0. The van der Waals surface area contributed by atoms with E-state index in [2.05, 4.69) is 18.8 Å². The molecule has 0 atom stereocenters. The molecule has 1 heterocycles. The number of nitriles is 1. The summed E-state index contributed by atoms with van der Waals surface area (Å²) in [5.74, 6) is 0.376. The van der Waals surface area contributed by atoms with Gasteiger partial charge in [0.05, 0.1) is 5.52 Å². The number of aromatic hydroxyl groups is 1. The average Bonchev–Trinajstić information content (AvgIpc) is 2.36. The fraction of sp³-hybridized carbons (Fsp3) is 0.333. The molecule has 0 spiro atoms. The van der Waals surface area contributed by atoms with Crippen LogP contribution in [0.5, 0.6) is 5.75 Å². The van der Waals surface area contributed by atoms with Gasteiger partial charge in [0.2, 0.25) is 0 Å². The average molecular weight is 256 g/mol. The summed E-state index contributed by atoms with van der Waals surface area (Å²) in [4.78, 5) is 14.3. The summed E-state index contributed by atoms with van der Waals surface area (Å²) in [6, 6.07) is 7.25. The van der Waals surface area contributed by atoms with Crippen LogP contribution in [-0.4, -0.2) is 10.1 Å². The predicted octanol–water partition coefficient (Wildman–Crippen LogP) is 2.69. The third-order valence-electron chi connectivity index (χ3n) is 3.17. The van der Waals surface area contributed by atoms with E-state index < -0.39 is 5.56 Å². The minimum Gasteiger partial charge on any atom is -0.506 e. The van der Waals surface area contributed by atoms with Crippen molar-refractivity contribution in [2.45, 2.75) is 26.7 Å². The molecule has 0 unspecified atom stereocenters. The summed E-state index contributed by atoms with van der Waals surface area (Å²) in [5.41, 5.74) is 0.902. The van der Waals surface area contributed by atoms with Gasteiger partial charge >= 0.3 is 0 Å². The molecule has 19 heavy (non-hydrogen) atoms. The van der Waals surface area contributed by atoms with Crippen molar-refractivity contribution in [2.75, 3.05) is 0 Å². The van der Waals surface area contributed by atoms with Crippen LogP contribution in [0.15, 0.2) is 23.0 Å². The van der Waals surface area contributed by atoms with Crippen molar-refractivity contribution in [1.82, 2.24) is 4.98 Å². The number of H-pyrrole nitrogens is 1. The van der Waals surface area contributed by atoms with E-state index in [9.17, 15) is 9.90 Å². The molecule has 0 saturated heterocycles. The Hall–Kier alpha value is -2.28. The number of aryl methyl sites for hydroxylation is 1. The van der Waals surface area contributed by atoms with Gasteiger partial charge in [-0.25, -0.2) is 0 Å². The van der Waals surface area contributed by atoms with Crippen LogP contribution >= 0.6 is 0 Å². The van der Waals surface area contributed by atoms with Gasteiger partial charge in [-0.3, -0.25) is 4.79 Å². The number of aromatic amines is 1. The van der Waals surface area contributed by atoms with E-state index in [0.717, 1.165) is 18.4 Å². The van der Waals surface area contributed by atoms with Crippen molar-refractivity contribution in [3.8, 4) is 11.8 Å². The molecule has 0 fully saturated rings. The van der Waals surface area contributed by atoms with Crippen LogP contribution in [0.2, 0.25) is 0 Å². The minimum atomic E-state index is -0.548. The lowest BCUT2D eigenvalue weighted by molar-refractivity contribution is 0.478. The second kappa shape index (κ2) is 5.15. The van der Waals surface area contributed by atoms with Gasteiger partial charge in [0, 0.05) is 5.39 Å². The number of nitrogens with one attached hydrogen (secondary N) is 1. The molecular weight excluding hydrogens is 240 g/mol. The largest absolute Gasteiger partial charge is 0.506 e. The van der Waals surface area contributed by atoms with Gasteiger partial charge in [0.1, 0.15) is 11.8 Å². The molecule has 0 amide bonds. The Morgan fingerprint density at radius 2 is 2.16 bits per heavy atom. The first-order valence-electron chi connectivity index (χ1n) is 6.31. The molecule has 0 aliphatic rings. The first-order valence-corrected chi connectivity index (χ1v) is 6.31. The van der Waals surface area contributed by atoms with Gasteiger partial charge < -0.3 is 10.1 Å². The molecule has 4 heteroatoms. The Morgan fingerprint density at radius 1 is 1.42 bits per heavy atom. The third-order valence-corrected chi connectivity index (χ3v) is 3.17. The lowest BCUT2D eigenvalue weighted by Crippen LogP contribution is -2.10. The first kappa shape index (κ1) is 13.2. The number of pyridine rings is 1. The minimum absolute atomic E-state index is 0.234. The van der Waals surface area contributed by atoms with E-state index in [1.165, 1.54) is 0 Å². The maximum atomic E-state index is 11.6. The van der Waals surface area contributed by atoms with Gasteiger partial charge in [0.25, 0.3) is 5.56 Å². The van der Waals surface area contributed by atoms with Crippen molar-refractivity contribution in [1.29, 1.82) is 5.26 Å². The van der Waals surface area contributed by atoms with E-state index in [1.807, 2.05) is 12.1 Å². The Kier molecular flexibility index (Phi) is 3.57. The van der Waals surface area contributed by atoms with Crippen LogP contribution in [0.25, 0.3) is 10.9 Å². The monoisotopic (exact) mass is 256 g/mol. The van der Waals surface area contributed by atoms with Crippen LogP contribution in [-0.2, 0) is 6.42 Å². The zero-order valence-electron chi connectivity index (χ0n) is 11.0. The topological polar surface area (TPSA) is 76.9 Å². The van der Waals surface area contributed by atoms with Crippen LogP contribution in [0.3, 0.4) is 0 Å². The normalized spacial score (nSPS) is 10.8. The van der Waals surface area contributed by atoms with Crippen molar-refractivity contribution < 1.29 is 5.11 Å². The maximum absolute atomic E-state index is 11.6. The van der Waals surface area contributed by atoms with E-state index in [1.54, 1.807) is 12.1 Å². The third kappa shape index (κ3) is 2.60. The summed E-state index contributed by atoms with van der Waals surface area (Å²) in [6.07, 6.45) is 1.99. The maximum Gasteiger partial charge on any atom is 0.270 e. The number of benzene rings is 1. The fourth-order valence-electron chi connectivity index (χ4n) is 2.04. The molecule has 1 aromatic heterocycles. The number of hydrogen-bond acceptors (Lipinski definition) is 3. The van der Waals surface area contributed by atoms with E-state index in [4.69, 9.17) is 5.26 Å². The molecule has 4 nitrogen and oxygen atoms in total. The van der Waals surface area contributed by atoms with Crippen molar-refractivity contribution in [3.05, 3.63) is 39.7 Å². The van der Waals surface area contributed by atoms with Gasteiger partial charge in [0.15, 0.2) is 5.56 Å². The number of hydrogen-bond donors (Lipinski definition) is 2. The summed E-state index contributed by atoms with van der Waals surface area (Å²) in [6.45, 7) is 4.32. The Labute approximate surface area is 111 Å². The predicted molar refractivity (Wildman–Crippen MR) is 74.1 cm³/mol. The highest BCUT2D eigenvalue weighted by atomic mass is 16.3. The van der Waals surface area contributed by atoms with Gasteiger partial charge in [-0.2, -0.15) is 5.26 Å². The highest BCUT2D eigenvalue weighted by Gasteiger charge is 2.11. The van der Waals surface area contributed by atoms with Crippen LogP contribution in [0.4, 0.5) is 0 Å². The molecule has 0 bridgehead atoms. The zero-order chi connectivity index (χ0) is 14.0. The summed E-state index contributed by atoms with van der Waals surface area (Å²) >= 11 is 0. The van der Waals surface area contributed by atoms with E-state index in [-0.39, 0.29) is 11.3 Å². The SMILES string of the molecule is CC(C)CCc1ccc2c(O)c(C#N)c(=O)[nH]c2c1. The van der Waals surface area contributed by atoms with Crippen LogP contribution < -0.4 is 5.56 Å². The summed E-state index contributed by atoms with van der Waals surface area (Å²) < 4.78 is 0. The molecule has 0 saturated carbocycles. The fourth-order valence-corrected chi connectivity index (χ4v) is 2.04. The summed E-state index contributed by atoms with van der Waals surface area (Å²) in [5, 5.41) is 19.2. The van der Waals surface area contributed by atoms with E-state index in [0.29, 0.717) is 16.8 Å².